The Morgan fingerprint density at radius 2 is 2.07 bits per heavy atom. The van der Waals surface area contributed by atoms with Crippen LogP contribution in [0.2, 0.25) is 0 Å². The highest BCUT2D eigenvalue weighted by Crippen LogP contribution is 2.20. The molecule has 0 amide bonds. The number of nitrogens with zero attached hydrogens (tertiary/aromatic N) is 2. The SMILES string of the molecule is Cc1cc(-c2ccc(C)o2)nc(CO)n1. The smallest absolute Gasteiger partial charge is 0.154 e. The quantitative estimate of drug-likeness (QED) is 0.810. The van der Waals surface area contributed by atoms with Gasteiger partial charge in [0.15, 0.2) is 11.6 Å². The zero-order valence-corrected chi connectivity index (χ0v) is 8.69. The van der Waals surface area contributed by atoms with E-state index in [1.807, 2.05) is 32.0 Å². The summed E-state index contributed by atoms with van der Waals surface area (Å²) in [6.07, 6.45) is 0. The fraction of sp³-hybridized carbons (Fsp3) is 0.273. The van der Waals surface area contributed by atoms with Crippen LogP contribution in [-0.2, 0) is 6.61 Å². The first-order valence-corrected chi connectivity index (χ1v) is 4.71. The number of aliphatic hydroxyl groups is 1. The molecule has 4 heteroatoms. The van der Waals surface area contributed by atoms with Gasteiger partial charge in [-0.1, -0.05) is 0 Å². The summed E-state index contributed by atoms with van der Waals surface area (Å²) in [7, 11) is 0. The van der Waals surface area contributed by atoms with Crippen LogP contribution in [0.5, 0.6) is 0 Å². The molecule has 0 atom stereocenters. The molecule has 15 heavy (non-hydrogen) atoms. The van der Waals surface area contributed by atoms with Crippen molar-refractivity contribution >= 4 is 0 Å². The number of furan rings is 1. The Morgan fingerprint density at radius 1 is 1.27 bits per heavy atom. The van der Waals surface area contributed by atoms with Crippen LogP contribution < -0.4 is 0 Å². The predicted molar refractivity (Wildman–Crippen MR) is 55.1 cm³/mol. The van der Waals surface area contributed by atoms with Crippen LogP contribution in [0.15, 0.2) is 22.6 Å². The van der Waals surface area contributed by atoms with Gasteiger partial charge in [-0.15, -0.1) is 0 Å². The molecule has 0 aliphatic rings. The van der Waals surface area contributed by atoms with Crippen molar-refractivity contribution in [3.63, 3.8) is 0 Å². The molecule has 1 N–H and O–H groups in total. The Morgan fingerprint density at radius 3 is 2.67 bits per heavy atom. The molecule has 2 rings (SSSR count). The van der Waals surface area contributed by atoms with E-state index in [0.717, 1.165) is 11.5 Å². The third-order valence-electron chi connectivity index (χ3n) is 2.03. The van der Waals surface area contributed by atoms with E-state index in [1.165, 1.54) is 0 Å². The van der Waals surface area contributed by atoms with E-state index < -0.39 is 0 Å². The Kier molecular flexibility index (Phi) is 2.51. The minimum Gasteiger partial charge on any atom is -0.460 e. The molecular formula is C11H12N2O2. The number of hydrogen-bond donors (Lipinski definition) is 1. The third-order valence-corrected chi connectivity index (χ3v) is 2.03. The molecule has 2 aromatic rings. The van der Waals surface area contributed by atoms with Gasteiger partial charge in [0.25, 0.3) is 0 Å². The molecule has 0 aromatic carbocycles. The van der Waals surface area contributed by atoms with Gasteiger partial charge in [-0.05, 0) is 32.0 Å². The van der Waals surface area contributed by atoms with Crippen LogP contribution in [0, 0.1) is 13.8 Å². The van der Waals surface area contributed by atoms with Gasteiger partial charge in [0.1, 0.15) is 18.1 Å². The summed E-state index contributed by atoms with van der Waals surface area (Å²) in [6.45, 7) is 3.58. The van der Waals surface area contributed by atoms with Gasteiger partial charge < -0.3 is 9.52 Å². The molecule has 78 valence electrons. The number of aliphatic hydroxyl groups excluding tert-OH is 1. The topological polar surface area (TPSA) is 59.2 Å². The summed E-state index contributed by atoms with van der Waals surface area (Å²) >= 11 is 0. The van der Waals surface area contributed by atoms with Crippen LogP contribution in [0.4, 0.5) is 0 Å². The molecule has 0 bridgehead atoms. The summed E-state index contributed by atoms with van der Waals surface area (Å²) < 4.78 is 5.45. The highest BCUT2D eigenvalue weighted by molar-refractivity contribution is 5.52. The van der Waals surface area contributed by atoms with E-state index >= 15 is 0 Å². The molecule has 0 aliphatic carbocycles. The molecule has 4 nitrogen and oxygen atoms in total. The van der Waals surface area contributed by atoms with Crippen molar-refractivity contribution in [2.45, 2.75) is 20.5 Å². The zero-order chi connectivity index (χ0) is 10.8. The average molecular weight is 204 g/mol. The van der Waals surface area contributed by atoms with E-state index in [4.69, 9.17) is 9.52 Å². The minimum absolute atomic E-state index is 0.158. The van der Waals surface area contributed by atoms with Crippen molar-refractivity contribution in [2.75, 3.05) is 0 Å². The first-order chi connectivity index (χ1) is 7.19. The largest absolute Gasteiger partial charge is 0.460 e. The first kappa shape index (κ1) is 9.86. The molecule has 0 aliphatic heterocycles. The highest BCUT2D eigenvalue weighted by Gasteiger charge is 2.07. The van der Waals surface area contributed by atoms with Gasteiger partial charge in [-0.3, -0.25) is 0 Å². The number of rotatable bonds is 2. The monoisotopic (exact) mass is 204 g/mol. The summed E-state index contributed by atoms with van der Waals surface area (Å²) in [6, 6.07) is 5.57. The fourth-order valence-corrected chi connectivity index (χ4v) is 1.40. The van der Waals surface area contributed by atoms with Crippen LogP contribution >= 0.6 is 0 Å². The van der Waals surface area contributed by atoms with E-state index in [1.54, 1.807) is 0 Å². The van der Waals surface area contributed by atoms with Gasteiger partial charge in [0.05, 0.1) is 0 Å². The number of aryl methyl sites for hydroxylation is 2. The van der Waals surface area contributed by atoms with Crippen LogP contribution in [0.3, 0.4) is 0 Å². The Balaban J connectivity index is 2.48. The van der Waals surface area contributed by atoms with Gasteiger partial charge in [0.2, 0.25) is 0 Å². The molecule has 0 spiro atoms. The molecule has 2 aromatic heterocycles. The van der Waals surface area contributed by atoms with Crippen molar-refractivity contribution in [1.29, 1.82) is 0 Å². The van der Waals surface area contributed by atoms with E-state index in [0.29, 0.717) is 17.3 Å². The second-order valence-electron chi connectivity index (χ2n) is 3.38. The van der Waals surface area contributed by atoms with Gasteiger partial charge >= 0.3 is 0 Å². The van der Waals surface area contributed by atoms with E-state index in [-0.39, 0.29) is 6.61 Å². The van der Waals surface area contributed by atoms with E-state index in [2.05, 4.69) is 9.97 Å². The standard InChI is InChI=1S/C11H12N2O2/c1-7-5-9(13-11(6-14)12-7)10-4-3-8(2)15-10/h3-5,14H,6H2,1-2H3. The molecule has 0 saturated carbocycles. The maximum atomic E-state index is 8.98. The van der Waals surface area contributed by atoms with Crippen molar-refractivity contribution in [2.24, 2.45) is 0 Å². The fourth-order valence-electron chi connectivity index (χ4n) is 1.40. The lowest BCUT2D eigenvalue weighted by Gasteiger charge is -2.01. The summed E-state index contributed by atoms with van der Waals surface area (Å²) in [5, 5.41) is 8.98. The third kappa shape index (κ3) is 2.05. The molecule has 0 saturated heterocycles. The lowest BCUT2D eigenvalue weighted by Crippen LogP contribution is -1.98. The van der Waals surface area contributed by atoms with Gasteiger partial charge in [-0.2, -0.15) is 0 Å². The summed E-state index contributed by atoms with van der Waals surface area (Å²) in [5.41, 5.74) is 1.53. The van der Waals surface area contributed by atoms with Crippen LogP contribution in [0.1, 0.15) is 17.3 Å². The second kappa shape index (κ2) is 3.82. The van der Waals surface area contributed by atoms with Crippen LogP contribution in [0.25, 0.3) is 11.5 Å². The number of hydrogen-bond acceptors (Lipinski definition) is 4. The Hall–Kier alpha value is -1.68. The molecule has 2 heterocycles. The Labute approximate surface area is 87.6 Å². The maximum Gasteiger partial charge on any atom is 0.154 e. The Bertz CT molecular complexity index is 477. The summed E-state index contributed by atoms with van der Waals surface area (Å²) in [4.78, 5) is 8.26. The normalized spacial score (nSPS) is 10.6. The zero-order valence-electron chi connectivity index (χ0n) is 8.69. The molecular weight excluding hydrogens is 192 g/mol. The minimum atomic E-state index is -0.158. The van der Waals surface area contributed by atoms with Gasteiger partial charge in [-0.25, -0.2) is 9.97 Å². The van der Waals surface area contributed by atoms with Crippen molar-refractivity contribution < 1.29 is 9.52 Å². The number of aromatic nitrogens is 2. The van der Waals surface area contributed by atoms with E-state index in [9.17, 15) is 0 Å². The maximum absolute atomic E-state index is 8.98. The van der Waals surface area contributed by atoms with Crippen molar-refractivity contribution in [3.8, 4) is 11.5 Å². The van der Waals surface area contributed by atoms with Crippen molar-refractivity contribution in [3.05, 3.63) is 35.5 Å². The summed E-state index contributed by atoms with van der Waals surface area (Å²) in [5.74, 6) is 1.96. The molecule has 0 fully saturated rings. The lowest BCUT2D eigenvalue weighted by molar-refractivity contribution is 0.271. The first-order valence-electron chi connectivity index (χ1n) is 4.71. The predicted octanol–water partition coefficient (Wildman–Crippen LogP) is 1.85. The average Bonchev–Trinajstić information content (AvgIpc) is 2.64. The highest BCUT2D eigenvalue weighted by atomic mass is 16.3. The molecule has 0 radical (unpaired) electrons. The van der Waals surface area contributed by atoms with Crippen LogP contribution in [-0.4, -0.2) is 15.1 Å². The van der Waals surface area contributed by atoms with Gasteiger partial charge in [0, 0.05) is 5.69 Å². The molecule has 0 unspecified atom stereocenters. The second-order valence-corrected chi connectivity index (χ2v) is 3.38. The van der Waals surface area contributed by atoms with Crippen molar-refractivity contribution in [1.82, 2.24) is 9.97 Å². The lowest BCUT2D eigenvalue weighted by atomic mass is 10.2.